The smallest absolute Gasteiger partial charge is 0.337 e. The van der Waals surface area contributed by atoms with Gasteiger partial charge in [0.1, 0.15) is 11.6 Å². The predicted molar refractivity (Wildman–Crippen MR) is 87.1 cm³/mol. The van der Waals surface area contributed by atoms with E-state index in [4.69, 9.17) is 9.47 Å². The average Bonchev–Trinajstić information content (AvgIpc) is 2.94. The summed E-state index contributed by atoms with van der Waals surface area (Å²) >= 11 is 0. The number of carbonyl (C=O) groups is 2. The Hall–Kier alpha value is -1.88. The first-order valence-corrected chi connectivity index (χ1v) is 7.94. The van der Waals surface area contributed by atoms with Gasteiger partial charge in [0.25, 0.3) is 0 Å². The van der Waals surface area contributed by atoms with E-state index in [0.29, 0.717) is 12.1 Å². The highest BCUT2D eigenvalue weighted by atomic mass is 16.6. The molecule has 0 saturated carbocycles. The van der Waals surface area contributed by atoms with E-state index in [-0.39, 0.29) is 18.0 Å². The Morgan fingerprint density at radius 2 is 1.87 bits per heavy atom. The Kier molecular flexibility index (Phi) is 5.42. The van der Waals surface area contributed by atoms with E-state index in [1.54, 1.807) is 12.1 Å². The molecule has 5 nitrogen and oxygen atoms in total. The van der Waals surface area contributed by atoms with Gasteiger partial charge in [-0.05, 0) is 57.9 Å². The number of hydrogen-bond acceptors (Lipinski definition) is 5. The quantitative estimate of drug-likeness (QED) is 0.799. The van der Waals surface area contributed by atoms with Crippen molar-refractivity contribution in [3.8, 4) is 0 Å². The second-order valence-corrected chi connectivity index (χ2v) is 6.85. The van der Waals surface area contributed by atoms with Gasteiger partial charge < -0.3 is 9.47 Å². The summed E-state index contributed by atoms with van der Waals surface area (Å²) in [6.07, 6.45) is 1.82. The van der Waals surface area contributed by atoms with Crippen LogP contribution in [0, 0.1) is 0 Å². The highest BCUT2D eigenvalue weighted by Gasteiger charge is 2.33. The maximum atomic E-state index is 12.3. The minimum Gasteiger partial charge on any atom is -0.465 e. The Bertz CT molecular complexity index is 559. The fourth-order valence-electron chi connectivity index (χ4n) is 2.75. The molecule has 1 atom stereocenters. The molecular formula is C18H25NO4. The third-order valence-corrected chi connectivity index (χ3v) is 3.80. The number of ether oxygens (including phenoxy) is 2. The second-order valence-electron chi connectivity index (χ2n) is 6.85. The van der Waals surface area contributed by atoms with Crippen molar-refractivity contribution in [1.82, 2.24) is 4.90 Å². The third-order valence-electron chi connectivity index (χ3n) is 3.80. The van der Waals surface area contributed by atoms with E-state index in [1.165, 1.54) is 7.11 Å². The summed E-state index contributed by atoms with van der Waals surface area (Å²) in [5, 5.41) is 0. The molecule has 0 aromatic heterocycles. The molecule has 23 heavy (non-hydrogen) atoms. The van der Waals surface area contributed by atoms with E-state index < -0.39 is 5.60 Å². The number of methoxy groups -OCH3 is 1. The SMILES string of the molecule is COC(=O)c1ccc(CN2CCC[C@H]2C(=O)OC(C)(C)C)cc1. The van der Waals surface area contributed by atoms with Crippen molar-refractivity contribution in [2.45, 2.75) is 51.8 Å². The molecular weight excluding hydrogens is 294 g/mol. The van der Waals surface area contributed by atoms with Crippen LogP contribution in [-0.2, 0) is 20.8 Å². The standard InChI is InChI=1S/C18H25NO4/c1-18(2,3)23-17(21)15-6-5-11-19(15)12-13-7-9-14(10-8-13)16(20)22-4/h7-10,15H,5-6,11-12H2,1-4H3/t15-/m0/s1. The molecule has 0 radical (unpaired) electrons. The summed E-state index contributed by atoms with van der Waals surface area (Å²) in [4.78, 5) is 25.9. The van der Waals surface area contributed by atoms with Crippen LogP contribution in [0.5, 0.6) is 0 Å². The third kappa shape index (κ3) is 4.79. The van der Waals surface area contributed by atoms with Gasteiger partial charge in [-0.15, -0.1) is 0 Å². The number of benzene rings is 1. The zero-order valence-corrected chi connectivity index (χ0v) is 14.3. The Labute approximate surface area is 137 Å². The highest BCUT2D eigenvalue weighted by molar-refractivity contribution is 5.89. The lowest BCUT2D eigenvalue weighted by atomic mass is 10.1. The molecule has 0 unspecified atom stereocenters. The van der Waals surface area contributed by atoms with Crippen LogP contribution in [0.15, 0.2) is 24.3 Å². The highest BCUT2D eigenvalue weighted by Crippen LogP contribution is 2.23. The molecule has 1 aliphatic heterocycles. The van der Waals surface area contributed by atoms with Crippen molar-refractivity contribution in [1.29, 1.82) is 0 Å². The molecule has 1 aliphatic rings. The van der Waals surface area contributed by atoms with E-state index in [2.05, 4.69) is 4.90 Å². The van der Waals surface area contributed by atoms with E-state index in [1.807, 2.05) is 32.9 Å². The molecule has 126 valence electrons. The lowest BCUT2D eigenvalue weighted by Crippen LogP contribution is -2.40. The molecule has 1 heterocycles. The number of nitrogens with zero attached hydrogens (tertiary/aromatic N) is 1. The molecule has 1 aromatic rings. The molecule has 0 N–H and O–H groups in total. The maximum absolute atomic E-state index is 12.3. The normalized spacial score (nSPS) is 18.7. The van der Waals surface area contributed by atoms with Crippen molar-refractivity contribution < 1.29 is 19.1 Å². The molecule has 1 saturated heterocycles. The van der Waals surface area contributed by atoms with Crippen LogP contribution in [0.25, 0.3) is 0 Å². The summed E-state index contributed by atoms with van der Waals surface area (Å²) in [6, 6.07) is 7.11. The van der Waals surface area contributed by atoms with Gasteiger partial charge in [-0.3, -0.25) is 9.69 Å². The number of carbonyl (C=O) groups excluding carboxylic acids is 2. The second kappa shape index (κ2) is 7.13. The zero-order valence-electron chi connectivity index (χ0n) is 14.3. The van der Waals surface area contributed by atoms with Gasteiger partial charge >= 0.3 is 11.9 Å². The zero-order chi connectivity index (χ0) is 17.0. The van der Waals surface area contributed by atoms with Gasteiger partial charge in [-0.1, -0.05) is 12.1 Å². The van der Waals surface area contributed by atoms with Gasteiger partial charge in [-0.25, -0.2) is 4.79 Å². The van der Waals surface area contributed by atoms with Crippen molar-refractivity contribution in [2.75, 3.05) is 13.7 Å². The minimum atomic E-state index is -0.465. The first-order valence-electron chi connectivity index (χ1n) is 7.94. The summed E-state index contributed by atoms with van der Waals surface area (Å²) in [6.45, 7) is 7.20. The first kappa shape index (κ1) is 17.5. The number of likely N-dealkylation sites (tertiary alicyclic amines) is 1. The van der Waals surface area contributed by atoms with Crippen LogP contribution in [0.1, 0.15) is 49.5 Å². The lowest BCUT2D eigenvalue weighted by Gasteiger charge is -2.27. The molecule has 1 aromatic carbocycles. The van der Waals surface area contributed by atoms with Gasteiger partial charge in [0.2, 0.25) is 0 Å². The van der Waals surface area contributed by atoms with Gasteiger partial charge in [-0.2, -0.15) is 0 Å². The molecule has 0 amide bonds. The summed E-state index contributed by atoms with van der Waals surface area (Å²) in [7, 11) is 1.37. The van der Waals surface area contributed by atoms with Crippen molar-refractivity contribution >= 4 is 11.9 Å². The summed E-state index contributed by atoms with van der Waals surface area (Å²) < 4.78 is 10.2. The molecule has 5 heteroatoms. The van der Waals surface area contributed by atoms with Gasteiger partial charge in [0.15, 0.2) is 0 Å². The number of esters is 2. The largest absolute Gasteiger partial charge is 0.465 e. The Balaban J connectivity index is 2.01. The van der Waals surface area contributed by atoms with Crippen LogP contribution in [-0.4, -0.2) is 42.1 Å². The van der Waals surface area contributed by atoms with Crippen molar-refractivity contribution in [2.24, 2.45) is 0 Å². The van der Waals surface area contributed by atoms with Crippen molar-refractivity contribution in [3.05, 3.63) is 35.4 Å². The molecule has 1 fully saturated rings. The van der Waals surface area contributed by atoms with Crippen molar-refractivity contribution in [3.63, 3.8) is 0 Å². The van der Waals surface area contributed by atoms with Crippen LogP contribution in [0.4, 0.5) is 0 Å². The Morgan fingerprint density at radius 1 is 1.22 bits per heavy atom. The van der Waals surface area contributed by atoms with Crippen LogP contribution in [0.3, 0.4) is 0 Å². The average molecular weight is 319 g/mol. The molecule has 0 spiro atoms. The summed E-state index contributed by atoms with van der Waals surface area (Å²) in [5.74, 6) is -0.495. The van der Waals surface area contributed by atoms with Crippen LogP contribution >= 0.6 is 0 Å². The minimum absolute atomic E-state index is 0.152. The monoisotopic (exact) mass is 319 g/mol. The number of rotatable bonds is 4. The topological polar surface area (TPSA) is 55.8 Å². The Morgan fingerprint density at radius 3 is 2.43 bits per heavy atom. The fourth-order valence-corrected chi connectivity index (χ4v) is 2.75. The van der Waals surface area contributed by atoms with Gasteiger partial charge in [0, 0.05) is 6.54 Å². The maximum Gasteiger partial charge on any atom is 0.337 e. The first-order chi connectivity index (χ1) is 10.8. The van der Waals surface area contributed by atoms with E-state index in [9.17, 15) is 9.59 Å². The lowest BCUT2D eigenvalue weighted by molar-refractivity contribution is -0.160. The summed E-state index contributed by atoms with van der Waals surface area (Å²) in [5.41, 5.74) is 1.13. The van der Waals surface area contributed by atoms with E-state index in [0.717, 1.165) is 24.9 Å². The fraction of sp³-hybridized carbons (Fsp3) is 0.556. The van der Waals surface area contributed by atoms with Crippen LogP contribution < -0.4 is 0 Å². The molecule has 0 bridgehead atoms. The number of hydrogen-bond donors (Lipinski definition) is 0. The molecule has 2 rings (SSSR count). The van der Waals surface area contributed by atoms with Gasteiger partial charge in [0.05, 0.1) is 12.7 Å². The molecule has 0 aliphatic carbocycles. The van der Waals surface area contributed by atoms with E-state index >= 15 is 0 Å². The van der Waals surface area contributed by atoms with Crippen LogP contribution in [0.2, 0.25) is 0 Å². The predicted octanol–water partition coefficient (Wildman–Crippen LogP) is 2.78.